The Morgan fingerprint density at radius 1 is 1.00 bits per heavy atom. The average Bonchev–Trinajstić information content (AvgIpc) is 2.54. The summed E-state index contributed by atoms with van der Waals surface area (Å²) in [5, 5.41) is 0. The van der Waals surface area contributed by atoms with Gasteiger partial charge in [0, 0.05) is 20.8 Å². The van der Waals surface area contributed by atoms with Gasteiger partial charge in [0.05, 0.1) is 13.2 Å². The van der Waals surface area contributed by atoms with E-state index in [-0.39, 0.29) is 26.4 Å². The Kier molecular flexibility index (Phi) is 9.72. The third-order valence-corrected chi connectivity index (χ3v) is 2.92. The highest BCUT2D eigenvalue weighted by atomic mass is 16.7. The monoisotopic (exact) mass is 320 g/mol. The van der Waals surface area contributed by atoms with E-state index in [0.717, 1.165) is 12.8 Å². The van der Waals surface area contributed by atoms with Crippen LogP contribution >= 0.6 is 0 Å². The number of ether oxygens (including phenoxy) is 6. The topological polar surface area (TPSA) is 89.5 Å². The summed E-state index contributed by atoms with van der Waals surface area (Å²) in [6.07, 6.45) is 0.392. The second-order valence-electron chi connectivity index (χ2n) is 4.63. The summed E-state index contributed by atoms with van der Waals surface area (Å²) in [6, 6.07) is 0. The lowest BCUT2D eigenvalue weighted by Crippen LogP contribution is -2.41. The van der Waals surface area contributed by atoms with Crippen LogP contribution in [0.4, 0.5) is 0 Å². The van der Waals surface area contributed by atoms with Crippen molar-refractivity contribution in [2.24, 2.45) is 0 Å². The molecular formula is C14H24O8. The fraction of sp³-hybridized carbons (Fsp3) is 0.857. The minimum absolute atomic E-state index is 0.0338. The van der Waals surface area contributed by atoms with Gasteiger partial charge in [0.15, 0.2) is 6.29 Å². The van der Waals surface area contributed by atoms with Crippen LogP contribution < -0.4 is 0 Å². The molecule has 0 aliphatic carbocycles. The predicted octanol–water partition coefficient (Wildman–Crippen LogP) is 0.277. The standard InChI is InChI=1S/C14H24O8/c1-17-7-9-20-13(15)12(14(16)21-10-8-18-2)22-11-5-3-4-6-19-11/h11-12H,3-10H2,1-2H3. The van der Waals surface area contributed by atoms with E-state index < -0.39 is 24.3 Å². The maximum atomic E-state index is 12.0. The van der Waals surface area contributed by atoms with E-state index in [4.69, 9.17) is 28.4 Å². The van der Waals surface area contributed by atoms with Gasteiger partial charge in [0.2, 0.25) is 0 Å². The largest absolute Gasteiger partial charge is 0.461 e. The second-order valence-corrected chi connectivity index (χ2v) is 4.63. The molecule has 0 aromatic heterocycles. The van der Waals surface area contributed by atoms with Gasteiger partial charge in [0.25, 0.3) is 6.10 Å². The van der Waals surface area contributed by atoms with Crippen LogP contribution in [0.25, 0.3) is 0 Å². The average molecular weight is 320 g/mol. The van der Waals surface area contributed by atoms with Gasteiger partial charge in [-0.25, -0.2) is 9.59 Å². The molecule has 22 heavy (non-hydrogen) atoms. The number of carbonyl (C=O) groups excluding carboxylic acids is 2. The molecule has 0 amide bonds. The first-order valence-corrected chi connectivity index (χ1v) is 7.27. The predicted molar refractivity (Wildman–Crippen MR) is 74.1 cm³/mol. The molecule has 1 rings (SSSR count). The maximum Gasteiger partial charge on any atom is 0.347 e. The Morgan fingerprint density at radius 2 is 1.59 bits per heavy atom. The summed E-state index contributed by atoms with van der Waals surface area (Å²) in [5.74, 6) is -1.62. The number of methoxy groups -OCH3 is 2. The van der Waals surface area contributed by atoms with Crippen LogP contribution in [-0.4, -0.2) is 71.6 Å². The van der Waals surface area contributed by atoms with Gasteiger partial charge in [-0.05, 0) is 19.3 Å². The lowest BCUT2D eigenvalue weighted by atomic mass is 10.2. The molecule has 1 atom stereocenters. The molecular weight excluding hydrogens is 296 g/mol. The number of rotatable bonds is 10. The number of carbonyl (C=O) groups is 2. The lowest BCUT2D eigenvalue weighted by Gasteiger charge is -2.25. The van der Waals surface area contributed by atoms with Crippen molar-refractivity contribution in [2.75, 3.05) is 47.3 Å². The smallest absolute Gasteiger partial charge is 0.347 e. The highest BCUT2D eigenvalue weighted by Crippen LogP contribution is 2.16. The normalized spacial score (nSPS) is 18.2. The van der Waals surface area contributed by atoms with Crippen LogP contribution in [0.3, 0.4) is 0 Å². The molecule has 128 valence electrons. The van der Waals surface area contributed by atoms with Crippen molar-refractivity contribution in [1.29, 1.82) is 0 Å². The molecule has 0 aromatic rings. The number of esters is 2. The number of hydrogen-bond donors (Lipinski definition) is 0. The third kappa shape index (κ3) is 7.17. The van der Waals surface area contributed by atoms with Crippen molar-refractivity contribution < 1.29 is 38.0 Å². The van der Waals surface area contributed by atoms with E-state index in [9.17, 15) is 9.59 Å². The van der Waals surface area contributed by atoms with E-state index in [2.05, 4.69) is 0 Å². The van der Waals surface area contributed by atoms with E-state index in [1.54, 1.807) is 0 Å². The van der Waals surface area contributed by atoms with Crippen LogP contribution in [0, 0.1) is 0 Å². The fourth-order valence-electron chi connectivity index (χ4n) is 1.78. The molecule has 1 aliphatic heterocycles. The molecule has 0 spiro atoms. The Morgan fingerprint density at radius 3 is 2.05 bits per heavy atom. The molecule has 1 heterocycles. The zero-order chi connectivity index (χ0) is 16.2. The highest BCUT2D eigenvalue weighted by molar-refractivity contribution is 5.98. The van der Waals surface area contributed by atoms with Crippen LogP contribution in [0.15, 0.2) is 0 Å². The quantitative estimate of drug-likeness (QED) is 0.322. The van der Waals surface area contributed by atoms with Gasteiger partial charge >= 0.3 is 11.9 Å². The summed E-state index contributed by atoms with van der Waals surface area (Å²) in [7, 11) is 2.97. The molecule has 1 unspecified atom stereocenters. The van der Waals surface area contributed by atoms with Crippen molar-refractivity contribution in [1.82, 2.24) is 0 Å². The molecule has 1 aliphatic rings. The Balaban J connectivity index is 2.53. The van der Waals surface area contributed by atoms with Crippen molar-refractivity contribution in [2.45, 2.75) is 31.7 Å². The summed E-state index contributed by atoms with van der Waals surface area (Å²) in [6.45, 7) is 1.07. The van der Waals surface area contributed by atoms with E-state index in [1.165, 1.54) is 14.2 Å². The van der Waals surface area contributed by atoms with E-state index in [1.807, 2.05) is 0 Å². The van der Waals surface area contributed by atoms with Gasteiger partial charge < -0.3 is 28.4 Å². The van der Waals surface area contributed by atoms with Crippen molar-refractivity contribution in [3.8, 4) is 0 Å². The molecule has 8 nitrogen and oxygen atoms in total. The number of hydrogen-bond acceptors (Lipinski definition) is 8. The Hall–Kier alpha value is -1.22. The molecule has 1 fully saturated rings. The third-order valence-electron chi connectivity index (χ3n) is 2.92. The van der Waals surface area contributed by atoms with Crippen LogP contribution in [0.1, 0.15) is 19.3 Å². The minimum atomic E-state index is -1.46. The van der Waals surface area contributed by atoms with Crippen molar-refractivity contribution in [3.63, 3.8) is 0 Å². The molecule has 0 N–H and O–H groups in total. The van der Waals surface area contributed by atoms with E-state index >= 15 is 0 Å². The zero-order valence-electron chi connectivity index (χ0n) is 13.1. The lowest BCUT2D eigenvalue weighted by molar-refractivity contribution is -0.213. The van der Waals surface area contributed by atoms with Crippen LogP contribution in [0.2, 0.25) is 0 Å². The Labute approximate surface area is 129 Å². The molecule has 0 aromatic carbocycles. The van der Waals surface area contributed by atoms with Gasteiger partial charge in [-0.2, -0.15) is 0 Å². The summed E-state index contributed by atoms with van der Waals surface area (Å²) >= 11 is 0. The first-order chi connectivity index (χ1) is 10.7. The van der Waals surface area contributed by atoms with Gasteiger partial charge in [-0.15, -0.1) is 0 Å². The summed E-state index contributed by atoms with van der Waals surface area (Å²) in [5.41, 5.74) is 0. The van der Waals surface area contributed by atoms with Gasteiger partial charge in [-0.1, -0.05) is 0 Å². The first kappa shape index (κ1) is 18.8. The molecule has 8 heteroatoms. The molecule has 0 saturated carbocycles. The van der Waals surface area contributed by atoms with E-state index in [0.29, 0.717) is 13.0 Å². The highest BCUT2D eigenvalue weighted by Gasteiger charge is 2.34. The van der Waals surface area contributed by atoms with Crippen LogP contribution in [-0.2, 0) is 38.0 Å². The maximum absolute atomic E-state index is 12.0. The zero-order valence-corrected chi connectivity index (χ0v) is 13.1. The SMILES string of the molecule is COCCOC(=O)C(OC1CCCCO1)C(=O)OCCOC. The molecule has 0 radical (unpaired) electrons. The van der Waals surface area contributed by atoms with Crippen LogP contribution in [0.5, 0.6) is 0 Å². The minimum Gasteiger partial charge on any atom is -0.461 e. The first-order valence-electron chi connectivity index (χ1n) is 7.27. The van der Waals surface area contributed by atoms with Gasteiger partial charge in [-0.3, -0.25) is 0 Å². The molecule has 1 saturated heterocycles. The second kappa shape index (κ2) is 11.4. The summed E-state index contributed by atoms with van der Waals surface area (Å²) in [4.78, 5) is 24.0. The Bertz CT molecular complexity index is 305. The fourth-order valence-corrected chi connectivity index (χ4v) is 1.78. The van der Waals surface area contributed by atoms with Gasteiger partial charge in [0.1, 0.15) is 13.2 Å². The van der Waals surface area contributed by atoms with Crippen molar-refractivity contribution >= 4 is 11.9 Å². The summed E-state index contributed by atoms with van der Waals surface area (Å²) < 4.78 is 30.2. The van der Waals surface area contributed by atoms with Crippen molar-refractivity contribution in [3.05, 3.63) is 0 Å². The molecule has 0 bridgehead atoms.